The number of carbonyl (C=O) groups excluding carboxylic acids is 1. The molecule has 1 fully saturated rings. The molecule has 2 aromatic carbocycles. The zero-order valence-corrected chi connectivity index (χ0v) is 21.9. The lowest BCUT2D eigenvalue weighted by atomic mass is 9.84. The molecule has 1 aliphatic rings. The van der Waals surface area contributed by atoms with Crippen molar-refractivity contribution in [3.05, 3.63) is 82.9 Å². The molecule has 1 amide bonds. The summed E-state index contributed by atoms with van der Waals surface area (Å²) in [5.74, 6) is 0.326. The molecule has 1 aliphatic heterocycles. The standard InChI is InChI=1S/C29H38FN5O/c1-21-26(20-34(4)32-21)19-33(3)29(17-23-5-9-27(30)10-6-23)25-13-15-35(16-14-25)18-24-7-11-28(12-8-24)31-22(2)36/h5-12,20,25,29H,13-19H2,1-4H3,(H,31,36)/t29-/m1/s1. The Kier molecular flexibility index (Phi) is 8.54. The normalized spacial score (nSPS) is 15.8. The summed E-state index contributed by atoms with van der Waals surface area (Å²) < 4.78 is 15.4. The summed E-state index contributed by atoms with van der Waals surface area (Å²) in [6.07, 6.45) is 5.28. The Balaban J connectivity index is 1.40. The molecule has 1 saturated heterocycles. The number of carbonyl (C=O) groups is 1. The van der Waals surface area contributed by atoms with Crippen LogP contribution in [0, 0.1) is 18.7 Å². The summed E-state index contributed by atoms with van der Waals surface area (Å²) in [5, 5.41) is 7.35. The third-order valence-corrected chi connectivity index (χ3v) is 7.32. The highest BCUT2D eigenvalue weighted by Gasteiger charge is 2.30. The molecule has 1 aromatic heterocycles. The first-order chi connectivity index (χ1) is 17.3. The van der Waals surface area contributed by atoms with Gasteiger partial charge in [0.1, 0.15) is 5.82 Å². The van der Waals surface area contributed by atoms with Gasteiger partial charge in [0.05, 0.1) is 5.69 Å². The van der Waals surface area contributed by atoms with Crippen LogP contribution in [0.2, 0.25) is 0 Å². The van der Waals surface area contributed by atoms with E-state index in [4.69, 9.17) is 0 Å². The minimum Gasteiger partial charge on any atom is -0.326 e. The Labute approximate surface area is 214 Å². The van der Waals surface area contributed by atoms with Crippen LogP contribution in [-0.4, -0.2) is 51.7 Å². The average molecular weight is 492 g/mol. The molecule has 1 N–H and O–H groups in total. The van der Waals surface area contributed by atoms with Gasteiger partial charge in [0, 0.05) is 50.6 Å². The molecule has 3 aromatic rings. The topological polar surface area (TPSA) is 53.4 Å². The van der Waals surface area contributed by atoms with Gasteiger partial charge in [-0.2, -0.15) is 5.10 Å². The summed E-state index contributed by atoms with van der Waals surface area (Å²) in [7, 11) is 4.18. The number of likely N-dealkylation sites (tertiary alicyclic amines) is 1. The van der Waals surface area contributed by atoms with Gasteiger partial charge in [0.15, 0.2) is 0 Å². The number of likely N-dealkylation sites (N-methyl/N-ethyl adjacent to an activating group) is 1. The van der Waals surface area contributed by atoms with Crippen LogP contribution in [0.5, 0.6) is 0 Å². The lowest BCUT2D eigenvalue weighted by Gasteiger charge is -2.40. The molecule has 192 valence electrons. The fourth-order valence-electron chi connectivity index (χ4n) is 5.38. The maximum absolute atomic E-state index is 13.5. The number of halogens is 1. The third kappa shape index (κ3) is 7.02. The zero-order chi connectivity index (χ0) is 25.7. The summed E-state index contributed by atoms with van der Waals surface area (Å²) >= 11 is 0. The van der Waals surface area contributed by atoms with E-state index in [0.29, 0.717) is 12.0 Å². The first kappa shape index (κ1) is 26.0. The molecule has 7 heteroatoms. The Hall–Kier alpha value is -3.03. The lowest BCUT2D eigenvalue weighted by molar-refractivity contribution is -0.114. The van der Waals surface area contributed by atoms with E-state index in [0.717, 1.165) is 56.8 Å². The van der Waals surface area contributed by atoms with Crippen molar-refractivity contribution in [1.82, 2.24) is 19.6 Å². The summed E-state index contributed by atoms with van der Waals surface area (Å²) in [6, 6.07) is 15.5. The number of nitrogens with zero attached hydrogens (tertiary/aromatic N) is 4. The second kappa shape index (κ2) is 11.8. The number of anilines is 1. The molecule has 0 unspecified atom stereocenters. The molecule has 0 aliphatic carbocycles. The predicted octanol–water partition coefficient (Wildman–Crippen LogP) is 4.78. The second-order valence-electron chi connectivity index (χ2n) is 10.2. The van der Waals surface area contributed by atoms with Gasteiger partial charge in [-0.25, -0.2) is 4.39 Å². The molecule has 0 saturated carbocycles. The first-order valence-electron chi connectivity index (χ1n) is 12.8. The fraction of sp³-hybridized carbons (Fsp3) is 0.448. The fourth-order valence-corrected chi connectivity index (χ4v) is 5.38. The number of aryl methyl sites for hydroxylation is 2. The Morgan fingerprint density at radius 3 is 2.33 bits per heavy atom. The highest BCUT2D eigenvalue weighted by Crippen LogP contribution is 2.28. The maximum atomic E-state index is 13.5. The number of piperidine rings is 1. The van der Waals surface area contributed by atoms with Crippen molar-refractivity contribution in [1.29, 1.82) is 0 Å². The highest BCUT2D eigenvalue weighted by molar-refractivity contribution is 5.88. The number of nitrogens with one attached hydrogen (secondary N) is 1. The van der Waals surface area contributed by atoms with E-state index in [1.165, 1.54) is 23.6 Å². The van der Waals surface area contributed by atoms with Gasteiger partial charge in [-0.1, -0.05) is 24.3 Å². The van der Waals surface area contributed by atoms with E-state index < -0.39 is 0 Å². The van der Waals surface area contributed by atoms with E-state index in [1.807, 2.05) is 36.0 Å². The quantitative estimate of drug-likeness (QED) is 0.468. The third-order valence-electron chi connectivity index (χ3n) is 7.32. The first-order valence-corrected chi connectivity index (χ1v) is 12.8. The van der Waals surface area contributed by atoms with Crippen LogP contribution in [0.4, 0.5) is 10.1 Å². The van der Waals surface area contributed by atoms with Gasteiger partial charge in [-0.15, -0.1) is 0 Å². The molecule has 0 spiro atoms. The Bertz CT molecular complexity index is 1130. The molecule has 1 atom stereocenters. The SMILES string of the molecule is CC(=O)Nc1ccc(CN2CCC([C@@H](Cc3ccc(F)cc3)N(C)Cc3cn(C)nc3C)CC2)cc1. The number of hydrogen-bond acceptors (Lipinski definition) is 4. The van der Waals surface area contributed by atoms with Crippen molar-refractivity contribution >= 4 is 11.6 Å². The van der Waals surface area contributed by atoms with E-state index in [9.17, 15) is 9.18 Å². The Morgan fingerprint density at radius 1 is 1.11 bits per heavy atom. The second-order valence-corrected chi connectivity index (χ2v) is 10.2. The number of benzene rings is 2. The number of rotatable bonds is 9. The van der Waals surface area contributed by atoms with Gasteiger partial charge in [0.2, 0.25) is 5.91 Å². The van der Waals surface area contributed by atoms with Crippen LogP contribution in [-0.2, 0) is 31.4 Å². The van der Waals surface area contributed by atoms with Gasteiger partial charge < -0.3 is 5.32 Å². The maximum Gasteiger partial charge on any atom is 0.221 e. The van der Waals surface area contributed by atoms with Crippen LogP contribution in [0.1, 0.15) is 42.1 Å². The van der Waals surface area contributed by atoms with Crippen LogP contribution in [0.3, 0.4) is 0 Å². The van der Waals surface area contributed by atoms with Crippen molar-refractivity contribution in [3.8, 4) is 0 Å². The van der Waals surface area contributed by atoms with E-state index in [-0.39, 0.29) is 11.7 Å². The van der Waals surface area contributed by atoms with Crippen molar-refractivity contribution in [2.24, 2.45) is 13.0 Å². The van der Waals surface area contributed by atoms with Gasteiger partial charge in [-0.3, -0.25) is 19.3 Å². The number of amides is 1. The zero-order valence-electron chi connectivity index (χ0n) is 21.9. The largest absolute Gasteiger partial charge is 0.326 e. The van der Waals surface area contributed by atoms with Gasteiger partial charge >= 0.3 is 0 Å². The minimum absolute atomic E-state index is 0.0522. The minimum atomic E-state index is -0.187. The number of hydrogen-bond donors (Lipinski definition) is 1. The van der Waals surface area contributed by atoms with Crippen molar-refractivity contribution in [2.45, 2.75) is 52.2 Å². The van der Waals surface area contributed by atoms with Gasteiger partial charge in [0.25, 0.3) is 0 Å². The summed E-state index contributed by atoms with van der Waals surface area (Å²) in [5.41, 5.74) is 5.60. The van der Waals surface area contributed by atoms with Crippen LogP contribution in [0.15, 0.2) is 54.7 Å². The molecule has 0 radical (unpaired) electrons. The smallest absolute Gasteiger partial charge is 0.221 e. The summed E-state index contributed by atoms with van der Waals surface area (Å²) in [6.45, 7) is 7.47. The number of aromatic nitrogens is 2. The predicted molar refractivity (Wildman–Crippen MR) is 142 cm³/mol. The van der Waals surface area contributed by atoms with Crippen LogP contribution >= 0.6 is 0 Å². The van der Waals surface area contributed by atoms with E-state index >= 15 is 0 Å². The molecular formula is C29H38FN5O. The van der Waals surface area contributed by atoms with E-state index in [2.05, 4.69) is 52.5 Å². The van der Waals surface area contributed by atoms with Crippen molar-refractivity contribution < 1.29 is 9.18 Å². The Morgan fingerprint density at radius 2 is 1.75 bits per heavy atom. The summed E-state index contributed by atoms with van der Waals surface area (Å²) in [4.78, 5) is 16.2. The molecular weight excluding hydrogens is 453 g/mol. The molecule has 4 rings (SSSR count). The van der Waals surface area contributed by atoms with Gasteiger partial charge in [-0.05, 0) is 87.6 Å². The molecule has 2 heterocycles. The molecule has 36 heavy (non-hydrogen) atoms. The van der Waals surface area contributed by atoms with E-state index in [1.54, 1.807) is 12.1 Å². The monoisotopic (exact) mass is 491 g/mol. The lowest BCUT2D eigenvalue weighted by Crippen LogP contribution is -2.45. The molecule has 6 nitrogen and oxygen atoms in total. The van der Waals surface area contributed by atoms with Crippen molar-refractivity contribution in [3.63, 3.8) is 0 Å². The van der Waals surface area contributed by atoms with Crippen molar-refractivity contribution in [2.75, 3.05) is 25.5 Å². The molecule has 0 bridgehead atoms. The van der Waals surface area contributed by atoms with Crippen LogP contribution < -0.4 is 5.32 Å². The van der Waals surface area contributed by atoms with Crippen LogP contribution in [0.25, 0.3) is 0 Å². The average Bonchev–Trinajstić information content (AvgIpc) is 3.16. The highest BCUT2D eigenvalue weighted by atomic mass is 19.1.